The van der Waals surface area contributed by atoms with Crippen molar-refractivity contribution in [2.45, 2.75) is 37.8 Å². The van der Waals surface area contributed by atoms with E-state index in [1.807, 2.05) is 84.9 Å². The van der Waals surface area contributed by atoms with Gasteiger partial charge in [-0.15, -0.1) is 0 Å². The third kappa shape index (κ3) is 12.1. The molecule has 0 aromatic heterocycles. The van der Waals surface area contributed by atoms with Gasteiger partial charge in [-0.25, -0.2) is 0 Å². The van der Waals surface area contributed by atoms with Gasteiger partial charge in [0.15, 0.2) is 0 Å². The highest BCUT2D eigenvalue weighted by atomic mass is 16.5. The summed E-state index contributed by atoms with van der Waals surface area (Å²) in [5, 5.41) is 6.02. The van der Waals surface area contributed by atoms with Gasteiger partial charge in [-0.05, 0) is 59.7 Å². The summed E-state index contributed by atoms with van der Waals surface area (Å²) in [6.45, 7) is 4.14. The molecule has 1 aliphatic heterocycles. The summed E-state index contributed by atoms with van der Waals surface area (Å²) in [7, 11) is 6.61. The third-order valence-corrected chi connectivity index (χ3v) is 10.2. The van der Waals surface area contributed by atoms with Gasteiger partial charge in [0.1, 0.15) is 23.6 Å². The average molecular weight is 763 g/mol. The van der Waals surface area contributed by atoms with Crippen LogP contribution in [-0.4, -0.2) is 113 Å². The molecule has 0 bridgehead atoms. The van der Waals surface area contributed by atoms with E-state index in [2.05, 4.69) is 20.4 Å². The molecule has 4 aromatic rings. The summed E-state index contributed by atoms with van der Waals surface area (Å²) in [6.07, 6.45) is 1.27. The molecule has 0 radical (unpaired) electrons. The number of hydrogen-bond donors (Lipinski definition) is 2. The molecule has 4 amide bonds. The van der Waals surface area contributed by atoms with Crippen LogP contribution in [-0.2, 0) is 32.0 Å². The van der Waals surface area contributed by atoms with Crippen LogP contribution in [0.3, 0.4) is 0 Å². The van der Waals surface area contributed by atoms with Crippen molar-refractivity contribution >= 4 is 35.0 Å². The number of carbonyl (C=O) groups is 4. The Morgan fingerprint density at radius 3 is 1.21 bits per heavy atom. The minimum absolute atomic E-state index is 0.182. The van der Waals surface area contributed by atoms with Crippen molar-refractivity contribution in [3.05, 3.63) is 120 Å². The molecule has 296 valence electrons. The molecule has 0 aliphatic carbocycles. The van der Waals surface area contributed by atoms with Gasteiger partial charge in [0.25, 0.3) is 0 Å². The number of methoxy groups -OCH3 is 2. The Bertz CT molecular complexity index is 1710. The van der Waals surface area contributed by atoms with E-state index in [1.165, 1.54) is 0 Å². The molecular weight excluding hydrogens is 709 g/mol. The Balaban J connectivity index is 1.09. The lowest BCUT2D eigenvalue weighted by atomic mass is 10.0. The van der Waals surface area contributed by atoms with E-state index in [-0.39, 0.29) is 36.5 Å². The minimum atomic E-state index is -0.731. The second kappa shape index (κ2) is 20.8. The van der Waals surface area contributed by atoms with Gasteiger partial charge in [-0.3, -0.25) is 19.2 Å². The number of piperazine rings is 1. The molecular formula is C44H54N6O6. The number of nitrogens with one attached hydrogen (secondary N) is 2. The molecule has 1 fully saturated rings. The number of rotatable bonds is 18. The molecule has 2 N–H and O–H groups in total. The highest BCUT2D eigenvalue weighted by Crippen LogP contribution is 2.21. The highest BCUT2D eigenvalue weighted by molar-refractivity contribution is 6.00. The van der Waals surface area contributed by atoms with Crippen LogP contribution in [0.25, 0.3) is 0 Å². The number of ether oxygens (including phenoxy) is 2. The zero-order valence-corrected chi connectivity index (χ0v) is 32.9. The predicted octanol–water partition coefficient (Wildman–Crippen LogP) is 4.18. The summed E-state index contributed by atoms with van der Waals surface area (Å²) in [6, 6.07) is 32.4. The summed E-state index contributed by atoms with van der Waals surface area (Å²) < 4.78 is 10.5. The van der Waals surface area contributed by atoms with Crippen molar-refractivity contribution in [2.24, 2.45) is 0 Å². The van der Waals surface area contributed by atoms with E-state index in [9.17, 15) is 19.2 Å². The molecule has 12 heteroatoms. The number of likely N-dealkylation sites (N-methyl/N-ethyl adjacent to an activating group) is 2. The van der Waals surface area contributed by atoms with Crippen molar-refractivity contribution in [1.82, 2.24) is 20.4 Å². The zero-order valence-electron chi connectivity index (χ0n) is 32.9. The number of hydrogen-bond acceptors (Lipinski definition) is 8. The van der Waals surface area contributed by atoms with E-state index in [4.69, 9.17) is 9.47 Å². The van der Waals surface area contributed by atoms with Gasteiger partial charge in [-0.1, -0.05) is 60.7 Å². The van der Waals surface area contributed by atoms with Crippen molar-refractivity contribution in [3.8, 4) is 11.5 Å². The molecule has 1 heterocycles. The van der Waals surface area contributed by atoms with Crippen LogP contribution >= 0.6 is 0 Å². The van der Waals surface area contributed by atoms with Gasteiger partial charge in [0.05, 0.1) is 14.2 Å². The van der Waals surface area contributed by atoms with E-state index >= 15 is 0 Å². The Morgan fingerprint density at radius 1 is 0.554 bits per heavy atom. The van der Waals surface area contributed by atoms with E-state index in [0.29, 0.717) is 48.8 Å². The average Bonchev–Trinajstić information content (AvgIpc) is 3.24. The third-order valence-electron chi connectivity index (χ3n) is 10.2. The first-order valence-corrected chi connectivity index (χ1v) is 19.1. The van der Waals surface area contributed by atoms with Gasteiger partial charge in [0, 0.05) is 90.4 Å². The highest BCUT2D eigenvalue weighted by Gasteiger charge is 2.28. The molecule has 1 unspecified atom stereocenters. The van der Waals surface area contributed by atoms with Crippen LogP contribution in [0, 0.1) is 0 Å². The molecule has 1 saturated heterocycles. The Hall–Kier alpha value is -5.72. The fourth-order valence-electron chi connectivity index (χ4n) is 6.72. The SMILES string of the molecule is COc1ccc(N(C)C(=O)C(Cc2ccccc2)NC(=O)CCN2CCN(CCC(=O)N[C@@H](Cc3ccccc3)C(=O)N(C)c3ccc(OC)cc3)CC2)cc1. The topological polar surface area (TPSA) is 124 Å². The molecule has 0 saturated carbocycles. The van der Waals surface area contributed by atoms with E-state index in [0.717, 1.165) is 37.3 Å². The lowest BCUT2D eigenvalue weighted by molar-refractivity contribution is -0.127. The monoisotopic (exact) mass is 762 g/mol. The molecule has 0 spiro atoms. The Kier molecular flexibility index (Phi) is 15.4. The summed E-state index contributed by atoms with van der Waals surface area (Å²) >= 11 is 0. The number of benzene rings is 4. The predicted molar refractivity (Wildman–Crippen MR) is 219 cm³/mol. The van der Waals surface area contributed by atoms with Gasteiger partial charge in [-0.2, -0.15) is 0 Å². The second-order valence-corrected chi connectivity index (χ2v) is 14.0. The van der Waals surface area contributed by atoms with Crippen molar-refractivity contribution in [1.29, 1.82) is 0 Å². The van der Waals surface area contributed by atoms with Crippen LogP contribution in [0.2, 0.25) is 0 Å². The Morgan fingerprint density at radius 2 is 0.893 bits per heavy atom. The van der Waals surface area contributed by atoms with Crippen molar-refractivity contribution in [2.75, 3.05) is 77.4 Å². The van der Waals surface area contributed by atoms with Crippen molar-refractivity contribution in [3.63, 3.8) is 0 Å². The maximum Gasteiger partial charge on any atom is 0.249 e. The van der Waals surface area contributed by atoms with Crippen LogP contribution in [0.1, 0.15) is 24.0 Å². The number of carbonyl (C=O) groups excluding carboxylic acids is 4. The molecule has 2 atom stereocenters. The van der Waals surface area contributed by atoms with Crippen LogP contribution in [0.5, 0.6) is 11.5 Å². The van der Waals surface area contributed by atoms with E-state index in [1.54, 1.807) is 62.4 Å². The number of amides is 4. The summed E-state index contributed by atoms with van der Waals surface area (Å²) in [4.78, 5) is 61.5. The molecule has 12 nitrogen and oxygen atoms in total. The lowest BCUT2D eigenvalue weighted by Gasteiger charge is -2.34. The molecule has 5 rings (SSSR count). The fourth-order valence-corrected chi connectivity index (χ4v) is 6.72. The van der Waals surface area contributed by atoms with Crippen LogP contribution in [0.4, 0.5) is 11.4 Å². The standard InChI is InChI=1S/C44H54N6O6/c1-47(35-15-19-37(55-3)20-16-35)43(53)39(31-33-11-7-5-8-12-33)45-41(51)23-25-49-27-29-50(30-28-49)26-24-42(52)46-40(32-34-13-9-6-10-14-34)44(54)48(2)36-17-21-38(56-4)22-18-36/h5-22,39-40H,23-32H2,1-4H3,(H,45,51)(H,46,52)/t39-,40?/m0/s1. The molecule has 56 heavy (non-hydrogen) atoms. The fraction of sp³-hybridized carbons (Fsp3) is 0.364. The Labute approximate surface area is 330 Å². The maximum atomic E-state index is 13.7. The van der Waals surface area contributed by atoms with Gasteiger partial charge < -0.3 is 39.7 Å². The molecule has 4 aromatic carbocycles. The lowest BCUT2D eigenvalue weighted by Crippen LogP contribution is -2.51. The first kappa shape index (κ1) is 41.4. The number of nitrogens with zero attached hydrogens (tertiary/aromatic N) is 4. The smallest absolute Gasteiger partial charge is 0.249 e. The molecule has 1 aliphatic rings. The van der Waals surface area contributed by atoms with E-state index < -0.39 is 12.1 Å². The minimum Gasteiger partial charge on any atom is -0.497 e. The van der Waals surface area contributed by atoms with Crippen LogP contribution < -0.4 is 29.9 Å². The first-order chi connectivity index (χ1) is 27.1. The first-order valence-electron chi connectivity index (χ1n) is 19.1. The zero-order chi connectivity index (χ0) is 39.9. The van der Waals surface area contributed by atoms with Crippen LogP contribution in [0.15, 0.2) is 109 Å². The summed E-state index contributed by atoms with van der Waals surface area (Å²) in [5.74, 6) is 0.620. The second-order valence-electron chi connectivity index (χ2n) is 14.0. The van der Waals surface area contributed by atoms with Gasteiger partial charge in [0.2, 0.25) is 23.6 Å². The van der Waals surface area contributed by atoms with Gasteiger partial charge >= 0.3 is 0 Å². The number of anilines is 2. The maximum absolute atomic E-state index is 13.7. The normalized spacial score (nSPS) is 14.2. The summed E-state index contributed by atoms with van der Waals surface area (Å²) in [5.41, 5.74) is 3.32. The quantitative estimate of drug-likeness (QED) is 0.155. The van der Waals surface area contributed by atoms with Crippen molar-refractivity contribution < 1.29 is 28.7 Å². The largest absolute Gasteiger partial charge is 0.497 e.